The molecule has 5 nitrogen and oxygen atoms in total. The lowest BCUT2D eigenvalue weighted by molar-refractivity contribution is 0.671. The highest BCUT2D eigenvalue weighted by atomic mass is 15.3. The first-order valence-electron chi connectivity index (χ1n) is 5.91. The van der Waals surface area contributed by atoms with Crippen LogP contribution in [0, 0.1) is 11.3 Å². The van der Waals surface area contributed by atoms with Crippen LogP contribution in [0.5, 0.6) is 0 Å². The van der Waals surface area contributed by atoms with Crippen LogP contribution in [0.4, 0.5) is 5.69 Å². The van der Waals surface area contributed by atoms with Gasteiger partial charge in [0.05, 0.1) is 12.5 Å². The highest BCUT2D eigenvalue weighted by Crippen LogP contribution is 2.31. The molecular formula is C13H13N5. The molecule has 0 N–H and O–H groups in total. The number of hydrogen-bond donors (Lipinski definition) is 0. The fourth-order valence-electron chi connectivity index (χ4n) is 2.34. The van der Waals surface area contributed by atoms with E-state index >= 15 is 0 Å². The van der Waals surface area contributed by atoms with Gasteiger partial charge in [0.15, 0.2) is 5.82 Å². The number of para-hydroxylation sites is 1. The quantitative estimate of drug-likeness (QED) is 0.756. The highest BCUT2D eigenvalue weighted by molar-refractivity contribution is 5.75. The lowest BCUT2D eigenvalue weighted by Crippen LogP contribution is -2.21. The Hall–Kier alpha value is -2.35. The Labute approximate surface area is 105 Å². The number of benzene rings is 1. The van der Waals surface area contributed by atoms with E-state index in [1.165, 1.54) is 0 Å². The zero-order valence-corrected chi connectivity index (χ0v) is 10.2. The maximum Gasteiger partial charge on any atom is 0.166 e. The van der Waals surface area contributed by atoms with Crippen molar-refractivity contribution in [3.8, 4) is 17.5 Å². The molecule has 1 aromatic carbocycles. The third kappa shape index (κ3) is 1.54. The Balaban J connectivity index is 2.19. The van der Waals surface area contributed by atoms with Crippen LogP contribution in [-0.4, -0.2) is 28.4 Å². The first-order chi connectivity index (χ1) is 8.81. The number of anilines is 1. The third-order valence-corrected chi connectivity index (χ3v) is 3.28. The summed E-state index contributed by atoms with van der Waals surface area (Å²) >= 11 is 0. The van der Waals surface area contributed by atoms with Crippen LogP contribution in [0.1, 0.15) is 5.82 Å². The number of hydrogen-bond acceptors (Lipinski definition) is 4. The van der Waals surface area contributed by atoms with Gasteiger partial charge in [0.25, 0.3) is 0 Å². The number of aromatic nitrogens is 3. The average molecular weight is 239 g/mol. The minimum absolute atomic E-state index is 0.304. The predicted molar refractivity (Wildman–Crippen MR) is 68.0 cm³/mol. The summed E-state index contributed by atoms with van der Waals surface area (Å²) in [4.78, 5) is 2.21. The number of likely N-dealkylation sites (N-methyl/N-ethyl adjacent to an activating group) is 1. The summed E-state index contributed by atoms with van der Waals surface area (Å²) in [6.07, 6.45) is 0.304. The van der Waals surface area contributed by atoms with E-state index in [-0.39, 0.29) is 0 Å². The molecule has 5 heteroatoms. The lowest BCUT2D eigenvalue weighted by Gasteiger charge is -2.18. The van der Waals surface area contributed by atoms with Gasteiger partial charge in [-0.15, -0.1) is 10.2 Å². The molecule has 0 amide bonds. The van der Waals surface area contributed by atoms with Crippen molar-refractivity contribution in [2.24, 2.45) is 0 Å². The van der Waals surface area contributed by atoms with Gasteiger partial charge in [0.2, 0.25) is 0 Å². The molecule has 0 atom stereocenters. The molecule has 0 aliphatic carbocycles. The zero-order valence-electron chi connectivity index (χ0n) is 10.2. The van der Waals surface area contributed by atoms with Gasteiger partial charge in [-0.05, 0) is 12.1 Å². The summed E-state index contributed by atoms with van der Waals surface area (Å²) < 4.78 is 2.05. The fraction of sp³-hybridized carbons (Fsp3) is 0.308. The molecule has 3 rings (SSSR count). The van der Waals surface area contributed by atoms with Crippen LogP contribution < -0.4 is 4.90 Å². The fourth-order valence-corrected chi connectivity index (χ4v) is 2.34. The molecule has 0 spiro atoms. The maximum absolute atomic E-state index is 8.82. The first kappa shape index (κ1) is 10.8. The molecule has 18 heavy (non-hydrogen) atoms. The molecule has 1 aliphatic heterocycles. The second-order valence-corrected chi connectivity index (χ2v) is 4.37. The standard InChI is InChI=1S/C13H13N5/c1-17-8-9-18-12(6-7-14)15-16-13(18)10-4-2-3-5-11(10)17/h2-5H,6,8-9H2,1H3. The van der Waals surface area contributed by atoms with Crippen LogP contribution >= 0.6 is 0 Å². The van der Waals surface area contributed by atoms with Gasteiger partial charge in [-0.1, -0.05) is 12.1 Å². The molecule has 1 aliphatic rings. The predicted octanol–water partition coefficient (Wildman–Crippen LogP) is 1.46. The largest absolute Gasteiger partial charge is 0.372 e. The molecule has 0 fully saturated rings. The molecule has 0 saturated heterocycles. The van der Waals surface area contributed by atoms with E-state index < -0.39 is 0 Å². The van der Waals surface area contributed by atoms with Crippen molar-refractivity contribution < 1.29 is 0 Å². The monoisotopic (exact) mass is 239 g/mol. The van der Waals surface area contributed by atoms with Crippen molar-refractivity contribution in [2.75, 3.05) is 18.5 Å². The average Bonchev–Trinajstić information content (AvgIpc) is 2.73. The van der Waals surface area contributed by atoms with E-state index in [0.29, 0.717) is 6.42 Å². The molecule has 0 saturated carbocycles. The Morgan fingerprint density at radius 3 is 2.94 bits per heavy atom. The van der Waals surface area contributed by atoms with Gasteiger partial charge < -0.3 is 9.47 Å². The van der Waals surface area contributed by atoms with Gasteiger partial charge in [0.1, 0.15) is 5.82 Å². The SMILES string of the molecule is CN1CCn2c(CC#N)nnc2-c2ccccc21. The normalized spacial score (nSPS) is 13.4. The molecule has 0 radical (unpaired) electrons. The Bertz CT molecular complexity index is 623. The van der Waals surface area contributed by atoms with Crippen LogP contribution in [0.15, 0.2) is 24.3 Å². The van der Waals surface area contributed by atoms with E-state index in [1.807, 2.05) is 22.8 Å². The third-order valence-electron chi connectivity index (χ3n) is 3.28. The lowest BCUT2D eigenvalue weighted by atomic mass is 10.1. The summed E-state index contributed by atoms with van der Waals surface area (Å²) in [6, 6.07) is 10.3. The van der Waals surface area contributed by atoms with Crippen LogP contribution in [0.3, 0.4) is 0 Å². The number of rotatable bonds is 1. The molecule has 0 bridgehead atoms. The highest BCUT2D eigenvalue weighted by Gasteiger charge is 2.21. The van der Waals surface area contributed by atoms with Crippen LogP contribution in [-0.2, 0) is 13.0 Å². The van der Waals surface area contributed by atoms with Gasteiger partial charge >= 0.3 is 0 Å². The van der Waals surface area contributed by atoms with Gasteiger partial charge in [-0.3, -0.25) is 0 Å². The van der Waals surface area contributed by atoms with Crippen molar-refractivity contribution in [2.45, 2.75) is 13.0 Å². The molecule has 1 aromatic heterocycles. The van der Waals surface area contributed by atoms with Crippen molar-refractivity contribution in [3.05, 3.63) is 30.1 Å². The van der Waals surface area contributed by atoms with Crippen molar-refractivity contribution in [1.29, 1.82) is 5.26 Å². The summed E-state index contributed by atoms with van der Waals surface area (Å²) in [5.74, 6) is 1.61. The van der Waals surface area contributed by atoms with E-state index in [9.17, 15) is 0 Å². The van der Waals surface area contributed by atoms with Crippen molar-refractivity contribution in [3.63, 3.8) is 0 Å². The van der Waals surface area contributed by atoms with Crippen molar-refractivity contribution >= 4 is 5.69 Å². The molecule has 2 aromatic rings. The van der Waals surface area contributed by atoms with Crippen molar-refractivity contribution in [1.82, 2.24) is 14.8 Å². The zero-order chi connectivity index (χ0) is 12.5. The first-order valence-corrected chi connectivity index (χ1v) is 5.91. The molecular weight excluding hydrogens is 226 g/mol. The summed E-state index contributed by atoms with van der Waals surface area (Å²) in [7, 11) is 2.07. The van der Waals surface area contributed by atoms with E-state index in [4.69, 9.17) is 5.26 Å². The minimum atomic E-state index is 0.304. The van der Waals surface area contributed by atoms with Crippen LogP contribution in [0.25, 0.3) is 11.4 Å². The van der Waals surface area contributed by atoms with E-state index in [2.05, 4.69) is 34.3 Å². The molecule has 0 unspecified atom stereocenters. The van der Waals surface area contributed by atoms with E-state index in [0.717, 1.165) is 36.0 Å². The maximum atomic E-state index is 8.82. The van der Waals surface area contributed by atoms with Gasteiger partial charge in [0, 0.05) is 31.4 Å². The Kier molecular flexibility index (Phi) is 2.49. The topological polar surface area (TPSA) is 57.7 Å². The van der Waals surface area contributed by atoms with Gasteiger partial charge in [-0.2, -0.15) is 5.26 Å². The number of nitrogens with zero attached hydrogens (tertiary/aromatic N) is 5. The second-order valence-electron chi connectivity index (χ2n) is 4.37. The van der Waals surface area contributed by atoms with E-state index in [1.54, 1.807) is 0 Å². The summed E-state index contributed by atoms with van der Waals surface area (Å²) in [5.41, 5.74) is 2.24. The number of fused-ring (bicyclic) bond motifs is 3. The summed E-state index contributed by atoms with van der Waals surface area (Å²) in [5, 5.41) is 17.2. The Morgan fingerprint density at radius 1 is 1.28 bits per heavy atom. The Morgan fingerprint density at radius 2 is 2.11 bits per heavy atom. The number of nitriles is 1. The smallest absolute Gasteiger partial charge is 0.166 e. The molecule has 2 heterocycles. The second kappa shape index (κ2) is 4.15. The van der Waals surface area contributed by atoms with Gasteiger partial charge in [-0.25, -0.2) is 0 Å². The van der Waals surface area contributed by atoms with Crippen LogP contribution in [0.2, 0.25) is 0 Å². The molecule has 90 valence electrons. The summed E-state index contributed by atoms with van der Waals surface area (Å²) in [6.45, 7) is 1.70. The minimum Gasteiger partial charge on any atom is -0.372 e.